The lowest BCUT2D eigenvalue weighted by Gasteiger charge is -2.35. The van der Waals surface area contributed by atoms with E-state index >= 15 is 0 Å². The fourth-order valence-corrected chi connectivity index (χ4v) is 2.16. The van der Waals surface area contributed by atoms with Crippen molar-refractivity contribution in [1.29, 1.82) is 0 Å². The van der Waals surface area contributed by atoms with E-state index < -0.39 is 5.79 Å². The van der Waals surface area contributed by atoms with Gasteiger partial charge >= 0.3 is 0 Å². The van der Waals surface area contributed by atoms with E-state index in [-0.39, 0.29) is 6.10 Å². The van der Waals surface area contributed by atoms with Crippen molar-refractivity contribution >= 4 is 25.0 Å². The fourth-order valence-electron chi connectivity index (χ4n) is 1.38. The zero-order valence-corrected chi connectivity index (χ0v) is 8.74. The van der Waals surface area contributed by atoms with Crippen LogP contribution in [0.1, 0.15) is 25.7 Å². The fraction of sp³-hybridized carbons (Fsp3) is 1.00. The molecule has 0 unspecified atom stereocenters. The second kappa shape index (κ2) is 4.72. The van der Waals surface area contributed by atoms with Gasteiger partial charge in [-0.2, -0.15) is 0 Å². The van der Waals surface area contributed by atoms with Gasteiger partial charge in [0.15, 0.2) is 5.79 Å². The number of thiol groups is 1. The highest BCUT2D eigenvalue weighted by atomic mass is 32.2. The van der Waals surface area contributed by atoms with Gasteiger partial charge in [0.2, 0.25) is 0 Å². The Hall–Kier alpha value is 0.580. The van der Waals surface area contributed by atoms with Gasteiger partial charge < -0.3 is 5.11 Å². The Balaban J connectivity index is 2.45. The van der Waals surface area contributed by atoms with Crippen molar-refractivity contribution in [2.75, 3.05) is 6.26 Å². The molecule has 1 N–H and O–H groups in total. The first-order chi connectivity index (χ1) is 5.72. The Kier molecular flexibility index (Phi) is 4.19. The van der Waals surface area contributed by atoms with Gasteiger partial charge in [-0.3, -0.25) is 8.37 Å². The van der Waals surface area contributed by atoms with Crippen molar-refractivity contribution in [3.05, 3.63) is 0 Å². The standard InChI is InChI=1S/C7H14O3S2/c1-12-10-7(9-11)4-2-6(8)3-5-7/h6,8,11H,2-5H2,1H3. The van der Waals surface area contributed by atoms with Gasteiger partial charge in [0, 0.05) is 19.1 Å². The van der Waals surface area contributed by atoms with E-state index in [0.717, 1.165) is 12.8 Å². The second-order valence-electron chi connectivity index (χ2n) is 2.98. The first kappa shape index (κ1) is 10.7. The molecule has 0 aromatic carbocycles. The maximum Gasteiger partial charge on any atom is 0.193 e. The molecule has 0 bridgehead atoms. The highest BCUT2D eigenvalue weighted by Gasteiger charge is 2.36. The Bertz CT molecular complexity index is 135. The van der Waals surface area contributed by atoms with E-state index in [4.69, 9.17) is 8.37 Å². The third-order valence-electron chi connectivity index (χ3n) is 2.12. The van der Waals surface area contributed by atoms with Crippen molar-refractivity contribution in [1.82, 2.24) is 0 Å². The molecule has 1 aliphatic carbocycles. The summed E-state index contributed by atoms with van der Waals surface area (Å²) in [6, 6.07) is 0. The molecular formula is C7H14O3S2. The number of aliphatic hydroxyl groups excluding tert-OH is 1. The highest BCUT2D eigenvalue weighted by Crippen LogP contribution is 2.36. The average Bonchev–Trinajstić information content (AvgIpc) is 2.10. The lowest BCUT2D eigenvalue weighted by atomic mass is 9.92. The van der Waals surface area contributed by atoms with Gasteiger partial charge in [0.05, 0.1) is 6.10 Å². The average molecular weight is 210 g/mol. The molecule has 1 fully saturated rings. The summed E-state index contributed by atoms with van der Waals surface area (Å²) in [4.78, 5) is 0. The molecule has 0 atom stereocenters. The van der Waals surface area contributed by atoms with Gasteiger partial charge in [0.1, 0.15) is 0 Å². The van der Waals surface area contributed by atoms with E-state index in [1.54, 1.807) is 0 Å². The molecule has 0 aromatic rings. The van der Waals surface area contributed by atoms with Gasteiger partial charge in [-0.05, 0) is 37.8 Å². The molecule has 0 amide bonds. The van der Waals surface area contributed by atoms with Crippen molar-refractivity contribution in [3.8, 4) is 0 Å². The first-order valence-corrected chi connectivity index (χ1v) is 5.46. The van der Waals surface area contributed by atoms with Gasteiger partial charge in [0.25, 0.3) is 0 Å². The summed E-state index contributed by atoms with van der Waals surface area (Å²) in [5.74, 6) is -0.582. The molecule has 12 heavy (non-hydrogen) atoms. The van der Waals surface area contributed by atoms with Gasteiger partial charge in [-0.15, -0.1) is 0 Å². The lowest BCUT2D eigenvalue weighted by Crippen LogP contribution is -2.37. The molecule has 0 saturated heterocycles. The number of hydrogen-bond acceptors (Lipinski definition) is 5. The quantitative estimate of drug-likeness (QED) is 0.423. The highest BCUT2D eigenvalue weighted by molar-refractivity contribution is 7.94. The number of rotatable bonds is 3. The summed E-state index contributed by atoms with van der Waals surface area (Å²) >= 11 is 5.07. The molecule has 1 aliphatic rings. The van der Waals surface area contributed by atoms with Crippen LogP contribution in [0.5, 0.6) is 0 Å². The molecule has 0 aliphatic heterocycles. The number of hydrogen-bond donors (Lipinski definition) is 2. The van der Waals surface area contributed by atoms with Crippen LogP contribution in [-0.2, 0) is 8.37 Å². The molecule has 72 valence electrons. The SMILES string of the molecule is CSOC1(OS)CCC(O)CC1. The van der Waals surface area contributed by atoms with E-state index in [9.17, 15) is 5.11 Å². The van der Waals surface area contributed by atoms with E-state index in [0.29, 0.717) is 12.8 Å². The summed E-state index contributed by atoms with van der Waals surface area (Å²) < 4.78 is 10.4. The minimum atomic E-state index is -0.582. The largest absolute Gasteiger partial charge is 0.393 e. The zero-order valence-electron chi connectivity index (χ0n) is 7.02. The van der Waals surface area contributed by atoms with Crippen LogP contribution >= 0.6 is 25.0 Å². The molecule has 0 heterocycles. The maximum absolute atomic E-state index is 9.26. The topological polar surface area (TPSA) is 38.7 Å². The predicted molar refractivity (Wildman–Crippen MR) is 51.9 cm³/mol. The summed E-state index contributed by atoms with van der Waals surface area (Å²) in [6.45, 7) is 0. The van der Waals surface area contributed by atoms with Crippen molar-refractivity contribution in [2.45, 2.75) is 37.6 Å². The van der Waals surface area contributed by atoms with Crippen LogP contribution in [0.4, 0.5) is 0 Å². The van der Waals surface area contributed by atoms with E-state index in [1.165, 1.54) is 12.0 Å². The predicted octanol–water partition coefficient (Wildman–Crippen LogP) is 1.77. The van der Waals surface area contributed by atoms with Crippen LogP contribution in [0.2, 0.25) is 0 Å². The third-order valence-corrected chi connectivity index (χ3v) is 2.92. The second-order valence-corrected chi connectivity index (χ2v) is 3.67. The van der Waals surface area contributed by atoms with Crippen LogP contribution in [-0.4, -0.2) is 23.3 Å². The molecular weight excluding hydrogens is 196 g/mol. The van der Waals surface area contributed by atoms with Crippen LogP contribution in [0, 0.1) is 0 Å². The smallest absolute Gasteiger partial charge is 0.193 e. The van der Waals surface area contributed by atoms with Crippen LogP contribution in [0.15, 0.2) is 0 Å². The Morgan fingerprint density at radius 1 is 1.50 bits per heavy atom. The number of aliphatic hydroxyl groups is 1. The monoisotopic (exact) mass is 210 g/mol. The third kappa shape index (κ3) is 2.53. The van der Waals surface area contributed by atoms with Crippen LogP contribution in [0.25, 0.3) is 0 Å². The maximum atomic E-state index is 9.26. The Morgan fingerprint density at radius 2 is 2.08 bits per heavy atom. The first-order valence-electron chi connectivity index (χ1n) is 3.95. The van der Waals surface area contributed by atoms with Gasteiger partial charge in [-0.25, -0.2) is 0 Å². The molecule has 0 spiro atoms. The summed E-state index contributed by atoms with van der Waals surface area (Å²) in [6.07, 6.45) is 4.51. The molecule has 3 nitrogen and oxygen atoms in total. The minimum Gasteiger partial charge on any atom is -0.393 e. The summed E-state index contributed by atoms with van der Waals surface area (Å²) in [5.41, 5.74) is 0. The van der Waals surface area contributed by atoms with Crippen molar-refractivity contribution < 1.29 is 13.5 Å². The summed E-state index contributed by atoms with van der Waals surface area (Å²) in [5, 5.41) is 9.26. The minimum absolute atomic E-state index is 0.202. The van der Waals surface area contributed by atoms with Crippen molar-refractivity contribution in [2.24, 2.45) is 0 Å². The van der Waals surface area contributed by atoms with Crippen LogP contribution < -0.4 is 0 Å². The van der Waals surface area contributed by atoms with Crippen LogP contribution in [0.3, 0.4) is 0 Å². The molecule has 0 aromatic heterocycles. The van der Waals surface area contributed by atoms with E-state index in [2.05, 4.69) is 12.9 Å². The normalized spacial score (nSPS) is 36.8. The van der Waals surface area contributed by atoms with E-state index in [1.807, 2.05) is 6.26 Å². The molecule has 0 radical (unpaired) electrons. The summed E-state index contributed by atoms with van der Waals surface area (Å²) in [7, 11) is 0. The zero-order chi connectivity index (χ0) is 9.03. The molecule has 1 saturated carbocycles. The Morgan fingerprint density at radius 3 is 2.50 bits per heavy atom. The molecule has 5 heteroatoms. The molecule has 1 rings (SSSR count). The lowest BCUT2D eigenvalue weighted by molar-refractivity contribution is -0.128. The Labute approximate surface area is 82.6 Å². The van der Waals surface area contributed by atoms with Crippen molar-refractivity contribution in [3.63, 3.8) is 0 Å². The van der Waals surface area contributed by atoms with Gasteiger partial charge in [-0.1, -0.05) is 0 Å².